The Kier molecular flexibility index (Phi) is 8.49. The molecule has 0 aromatic heterocycles. The van der Waals surface area contributed by atoms with E-state index in [-0.39, 0.29) is 11.9 Å². The minimum absolute atomic E-state index is 0.0308. The van der Waals surface area contributed by atoms with Gasteiger partial charge in [0, 0.05) is 0 Å². The lowest BCUT2D eigenvalue weighted by Crippen LogP contribution is -2.40. The summed E-state index contributed by atoms with van der Waals surface area (Å²) in [5, 5.41) is 0. The summed E-state index contributed by atoms with van der Waals surface area (Å²) in [6, 6.07) is 8.17. The summed E-state index contributed by atoms with van der Waals surface area (Å²) in [6.07, 6.45) is 21.1. The van der Waals surface area contributed by atoms with Crippen molar-refractivity contribution in [1.29, 1.82) is 0 Å². The van der Waals surface area contributed by atoms with E-state index in [9.17, 15) is 4.79 Å². The second kappa shape index (κ2) is 11.5. The van der Waals surface area contributed by atoms with Crippen LogP contribution in [0.3, 0.4) is 0 Å². The second-order valence-electron chi connectivity index (χ2n) is 10.9. The molecule has 0 spiro atoms. The van der Waals surface area contributed by atoms with Crippen LogP contribution in [0.4, 0.5) is 0 Å². The van der Waals surface area contributed by atoms with E-state index in [2.05, 4.69) is 38.1 Å². The molecule has 4 atom stereocenters. The van der Waals surface area contributed by atoms with Crippen molar-refractivity contribution in [3.8, 4) is 5.75 Å². The van der Waals surface area contributed by atoms with Crippen molar-refractivity contribution in [2.45, 2.75) is 97.3 Å². The Morgan fingerprint density at radius 1 is 0.938 bits per heavy atom. The summed E-state index contributed by atoms with van der Waals surface area (Å²) in [5.74, 6) is 5.02. The van der Waals surface area contributed by atoms with E-state index in [0.29, 0.717) is 11.7 Å². The van der Waals surface area contributed by atoms with Crippen molar-refractivity contribution in [3.63, 3.8) is 0 Å². The lowest BCUT2D eigenvalue weighted by molar-refractivity contribution is -0.144. The van der Waals surface area contributed by atoms with Gasteiger partial charge in [0.25, 0.3) is 0 Å². The zero-order valence-corrected chi connectivity index (χ0v) is 20.4. The molecule has 3 aliphatic rings. The number of aryl methyl sites for hydroxylation is 1. The molecule has 0 amide bonds. The first-order valence-electron chi connectivity index (χ1n) is 13.6. The highest BCUT2D eigenvalue weighted by atomic mass is 16.5. The molecule has 4 rings (SSSR count). The minimum atomic E-state index is 0.0308. The Morgan fingerprint density at radius 2 is 1.69 bits per heavy atom. The first kappa shape index (κ1) is 23.6. The Bertz CT molecular complexity index is 741. The molecular formula is C30H44O2. The monoisotopic (exact) mass is 436 g/mol. The molecular weight excluding hydrogens is 392 g/mol. The number of esters is 1. The van der Waals surface area contributed by atoms with Crippen LogP contribution in [0.2, 0.25) is 0 Å². The van der Waals surface area contributed by atoms with E-state index in [1.54, 1.807) is 0 Å². The van der Waals surface area contributed by atoms with E-state index >= 15 is 0 Å². The Labute approximate surface area is 196 Å². The maximum absolute atomic E-state index is 13.1. The number of ether oxygens (including phenoxy) is 1. The lowest BCUT2D eigenvalue weighted by atomic mass is 9.59. The van der Waals surface area contributed by atoms with Gasteiger partial charge in [-0.05, 0) is 106 Å². The number of allylic oxidation sites excluding steroid dienone is 2. The van der Waals surface area contributed by atoms with Crippen molar-refractivity contribution >= 4 is 5.97 Å². The average Bonchev–Trinajstić information content (AvgIpc) is 2.84. The van der Waals surface area contributed by atoms with Gasteiger partial charge in [0.2, 0.25) is 0 Å². The fourth-order valence-corrected chi connectivity index (χ4v) is 7.12. The molecule has 0 bridgehead atoms. The molecule has 2 nitrogen and oxygen atoms in total. The smallest absolute Gasteiger partial charge is 0.314 e. The molecule has 4 unspecified atom stereocenters. The Balaban J connectivity index is 1.30. The number of carbonyl (C=O) groups excluding carboxylic acids is 1. The fourth-order valence-electron chi connectivity index (χ4n) is 7.12. The third-order valence-corrected chi connectivity index (χ3v) is 9.10. The molecule has 3 saturated carbocycles. The zero-order valence-electron chi connectivity index (χ0n) is 20.4. The summed E-state index contributed by atoms with van der Waals surface area (Å²) in [5.41, 5.74) is 1.30. The zero-order chi connectivity index (χ0) is 22.3. The van der Waals surface area contributed by atoms with E-state index in [4.69, 9.17) is 4.74 Å². The molecule has 3 fully saturated rings. The average molecular weight is 437 g/mol. The topological polar surface area (TPSA) is 26.3 Å². The summed E-state index contributed by atoms with van der Waals surface area (Å²) < 4.78 is 5.90. The Morgan fingerprint density at radius 3 is 2.41 bits per heavy atom. The van der Waals surface area contributed by atoms with Crippen molar-refractivity contribution in [1.82, 2.24) is 0 Å². The lowest BCUT2D eigenvalue weighted by Gasteiger charge is -2.46. The van der Waals surface area contributed by atoms with Crippen LogP contribution in [0.1, 0.15) is 96.5 Å². The third-order valence-electron chi connectivity index (χ3n) is 9.10. The van der Waals surface area contributed by atoms with Gasteiger partial charge in [-0.3, -0.25) is 4.79 Å². The number of rotatable bonds is 7. The molecule has 0 N–H and O–H groups in total. The standard InChI is InChI=1S/C30H44O2/c1-3-5-6-8-23-13-18-27(19-14-23)32-30(31)29-10-7-9-26-21-25(17-20-28(26)29)24-15-11-22(4-2)12-16-24/h3,5,13-14,18-19,22,24-26,28-29H,4,6-12,15-17,20-21H2,1-2H3/b5-3+. The van der Waals surface area contributed by atoms with Crippen LogP contribution in [0.25, 0.3) is 0 Å². The van der Waals surface area contributed by atoms with Gasteiger partial charge >= 0.3 is 5.97 Å². The van der Waals surface area contributed by atoms with Gasteiger partial charge in [-0.25, -0.2) is 0 Å². The Hall–Kier alpha value is -1.57. The normalized spacial score (nSPS) is 33.1. The van der Waals surface area contributed by atoms with Crippen molar-refractivity contribution in [2.24, 2.45) is 35.5 Å². The van der Waals surface area contributed by atoms with E-state index < -0.39 is 0 Å². The van der Waals surface area contributed by atoms with Crippen LogP contribution < -0.4 is 4.74 Å². The minimum Gasteiger partial charge on any atom is -0.426 e. The van der Waals surface area contributed by atoms with Gasteiger partial charge in [-0.1, -0.05) is 63.3 Å². The van der Waals surface area contributed by atoms with Gasteiger partial charge in [-0.2, -0.15) is 0 Å². The highest BCUT2D eigenvalue weighted by molar-refractivity contribution is 5.75. The molecule has 0 radical (unpaired) electrons. The van der Waals surface area contributed by atoms with E-state index in [1.807, 2.05) is 12.1 Å². The number of benzene rings is 1. The summed E-state index contributed by atoms with van der Waals surface area (Å²) in [7, 11) is 0. The number of carbonyl (C=O) groups is 1. The predicted octanol–water partition coefficient (Wildman–Crippen LogP) is 8.15. The molecule has 3 aliphatic carbocycles. The van der Waals surface area contributed by atoms with Crippen LogP contribution in [0, 0.1) is 35.5 Å². The summed E-state index contributed by atoms with van der Waals surface area (Å²) >= 11 is 0. The maximum atomic E-state index is 13.1. The molecule has 0 heterocycles. The van der Waals surface area contributed by atoms with E-state index in [0.717, 1.165) is 42.9 Å². The van der Waals surface area contributed by atoms with Crippen LogP contribution >= 0.6 is 0 Å². The highest BCUT2D eigenvalue weighted by Crippen LogP contribution is 2.50. The van der Waals surface area contributed by atoms with Crippen LogP contribution in [-0.2, 0) is 11.2 Å². The highest BCUT2D eigenvalue weighted by Gasteiger charge is 2.43. The van der Waals surface area contributed by atoms with Crippen LogP contribution in [0.15, 0.2) is 36.4 Å². The van der Waals surface area contributed by atoms with Gasteiger partial charge in [0.15, 0.2) is 0 Å². The fraction of sp³-hybridized carbons (Fsp3) is 0.700. The largest absolute Gasteiger partial charge is 0.426 e. The summed E-state index contributed by atoms with van der Waals surface area (Å²) in [6.45, 7) is 4.42. The van der Waals surface area contributed by atoms with Crippen LogP contribution in [-0.4, -0.2) is 5.97 Å². The molecule has 176 valence electrons. The van der Waals surface area contributed by atoms with Crippen molar-refractivity contribution < 1.29 is 9.53 Å². The van der Waals surface area contributed by atoms with Gasteiger partial charge in [0.05, 0.1) is 5.92 Å². The van der Waals surface area contributed by atoms with Crippen LogP contribution in [0.5, 0.6) is 5.75 Å². The predicted molar refractivity (Wildman–Crippen MR) is 133 cm³/mol. The SMILES string of the molecule is C/C=C/CCc1ccc(OC(=O)C2CCCC3CC(C4CCC(CC)CC4)CCC32)cc1. The molecule has 0 saturated heterocycles. The first-order valence-corrected chi connectivity index (χ1v) is 13.6. The number of fused-ring (bicyclic) bond motifs is 1. The van der Waals surface area contributed by atoms with Gasteiger partial charge in [-0.15, -0.1) is 0 Å². The second-order valence-corrected chi connectivity index (χ2v) is 10.9. The number of hydrogen-bond donors (Lipinski definition) is 0. The summed E-state index contributed by atoms with van der Waals surface area (Å²) in [4.78, 5) is 13.1. The van der Waals surface area contributed by atoms with Gasteiger partial charge < -0.3 is 4.74 Å². The molecule has 1 aromatic carbocycles. The van der Waals surface area contributed by atoms with Gasteiger partial charge in [0.1, 0.15) is 5.75 Å². The molecule has 2 heteroatoms. The third kappa shape index (κ3) is 5.86. The number of hydrogen-bond acceptors (Lipinski definition) is 2. The molecule has 0 aliphatic heterocycles. The van der Waals surface area contributed by atoms with E-state index in [1.165, 1.54) is 69.8 Å². The molecule has 1 aromatic rings. The van der Waals surface area contributed by atoms with Crippen molar-refractivity contribution in [2.75, 3.05) is 0 Å². The molecule has 32 heavy (non-hydrogen) atoms. The maximum Gasteiger partial charge on any atom is 0.314 e. The van der Waals surface area contributed by atoms with Crippen molar-refractivity contribution in [3.05, 3.63) is 42.0 Å². The first-order chi connectivity index (χ1) is 15.7. The quantitative estimate of drug-likeness (QED) is 0.245.